The Hall–Kier alpha value is -1.46. The molecular weight excluding hydrogens is 256 g/mol. The zero-order valence-corrected chi connectivity index (χ0v) is 11.6. The molecule has 0 bridgehead atoms. The summed E-state index contributed by atoms with van der Waals surface area (Å²) in [5.74, 6) is 0. The average molecular weight is 274 g/mol. The van der Waals surface area contributed by atoms with Crippen molar-refractivity contribution in [2.75, 3.05) is 13.1 Å². The Bertz CT molecular complexity index is 526. The number of hydrogen-bond donors (Lipinski definition) is 2. The fourth-order valence-corrected chi connectivity index (χ4v) is 3.09. The molecule has 1 atom stereocenters. The van der Waals surface area contributed by atoms with E-state index < -0.39 is 0 Å². The lowest BCUT2D eigenvalue weighted by atomic mass is 9.86. The molecule has 3 rings (SSSR count). The largest absolute Gasteiger partial charge is 0.375 e. The molecule has 0 aromatic heterocycles. The van der Waals surface area contributed by atoms with Crippen molar-refractivity contribution >= 4 is 23.0 Å². The topological polar surface area (TPSA) is 53.6 Å². The quantitative estimate of drug-likeness (QED) is 0.603. The Balaban J connectivity index is 1.82. The molecule has 0 radical (unpaired) electrons. The van der Waals surface area contributed by atoms with Crippen LogP contribution in [0.5, 0.6) is 0 Å². The van der Waals surface area contributed by atoms with Gasteiger partial charge in [0.05, 0.1) is 0 Å². The van der Waals surface area contributed by atoms with E-state index in [2.05, 4.69) is 39.7 Å². The van der Waals surface area contributed by atoms with Gasteiger partial charge in [-0.3, -0.25) is 10.3 Å². The second kappa shape index (κ2) is 5.27. The molecule has 1 aromatic carbocycles. The van der Waals surface area contributed by atoms with E-state index in [4.69, 9.17) is 18.0 Å². The summed E-state index contributed by atoms with van der Waals surface area (Å²) in [7, 11) is 0. The smallest absolute Gasteiger partial charge is 0.184 e. The number of nitrogens with one attached hydrogen (secondary N) is 1. The van der Waals surface area contributed by atoms with Crippen LogP contribution >= 0.6 is 12.2 Å². The molecule has 0 saturated carbocycles. The maximum atomic E-state index is 5.42. The summed E-state index contributed by atoms with van der Waals surface area (Å²) in [6.07, 6.45) is 3.12. The molecule has 19 heavy (non-hydrogen) atoms. The number of nitrogens with two attached hydrogens (primary N) is 1. The first-order chi connectivity index (χ1) is 9.24. The highest BCUT2D eigenvalue weighted by molar-refractivity contribution is 7.80. The third-order valence-corrected chi connectivity index (χ3v) is 4.06. The van der Waals surface area contributed by atoms with Gasteiger partial charge in [0.2, 0.25) is 0 Å². The van der Waals surface area contributed by atoms with E-state index in [1.165, 1.54) is 11.1 Å². The number of nitrogens with zero attached hydrogens (tertiary/aromatic N) is 2. The number of benzene rings is 1. The zero-order valence-electron chi connectivity index (χ0n) is 10.8. The lowest BCUT2D eigenvalue weighted by Gasteiger charge is -2.40. The summed E-state index contributed by atoms with van der Waals surface area (Å²) >= 11 is 4.79. The molecule has 1 aromatic rings. The number of rotatable bonds is 1. The van der Waals surface area contributed by atoms with Crippen molar-refractivity contribution in [2.45, 2.75) is 25.3 Å². The van der Waals surface area contributed by atoms with Gasteiger partial charge in [0.15, 0.2) is 5.11 Å². The number of piperidine rings is 1. The van der Waals surface area contributed by atoms with Crippen molar-refractivity contribution in [1.82, 2.24) is 10.3 Å². The van der Waals surface area contributed by atoms with Crippen LogP contribution in [0.1, 0.15) is 30.0 Å². The number of hydrazone groups is 1. The van der Waals surface area contributed by atoms with Gasteiger partial charge in [0.25, 0.3) is 0 Å². The molecule has 2 aliphatic heterocycles. The van der Waals surface area contributed by atoms with Crippen LogP contribution < -0.4 is 11.2 Å². The van der Waals surface area contributed by atoms with Gasteiger partial charge in [-0.1, -0.05) is 24.3 Å². The van der Waals surface area contributed by atoms with Crippen LogP contribution in [0.2, 0.25) is 0 Å². The van der Waals surface area contributed by atoms with Crippen LogP contribution in [0.3, 0.4) is 0 Å². The summed E-state index contributed by atoms with van der Waals surface area (Å²) in [4.78, 5) is 2.56. The van der Waals surface area contributed by atoms with E-state index in [-0.39, 0.29) is 5.11 Å². The molecule has 3 N–H and O–H groups in total. The standard InChI is InChI=1S/C14H18N4S/c15-14(19)17-16-11-6-8-18-7-5-10-3-1-2-4-12(10)13(18)9-11/h1-4,13H,5-9H2,(H3,15,17,19). The Morgan fingerprint density at radius 1 is 1.32 bits per heavy atom. The third kappa shape index (κ3) is 2.62. The Kier molecular flexibility index (Phi) is 3.48. The van der Waals surface area contributed by atoms with Crippen LogP contribution in [0, 0.1) is 0 Å². The van der Waals surface area contributed by atoms with Crippen molar-refractivity contribution in [3.8, 4) is 0 Å². The fourth-order valence-electron chi connectivity index (χ4n) is 3.04. The second-order valence-electron chi connectivity index (χ2n) is 5.11. The van der Waals surface area contributed by atoms with Crippen molar-refractivity contribution in [3.63, 3.8) is 0 Å². The van der Waals surface area contributed by atoms with Crippen molar-refractivity contribution in [1.29, 1.82) is 0 Å². The average Bonchev–Trinajstić information content (AvgIpc) is 2.44. The Labute approximate surface area is 118 Å². The molecule has 1 unspecified atom stereocenters. The van der Waals surface area contributed by atoms with Crippen molar-refractivity contribution < 1.29 is 0 Å². The first-order valence-electron chi connectivity index (χ1n) is 6.67. The van der Waals surface area contributed by atoms with Crippen molar-refractivity contribution in [3.05, 3.63) is 35.4 Å². The van der Waals surface area contributed by atoms with Gasteiger partial charge in [-0.2, -0.15) is 5.10 Å². The van der Waals surface area contributed by atoms with Crippen LogP contribution in [-0.4, -0.2) is 28.8 Å². The van der Waals surface area contributed by atoms with Crippen LogP contribution in [0.25, 0.3) is 0 Å². The first kappa shape index (κ1) is 12.6. The minimum absolute atomic E-state index is 0.235. The molecule has 100 valence electrons. The highest BCUT2D eigenvalue weighted by Crippen LogP contribution is 2.35. The number of hydrogen-bond acceptors (Lipinski definition) is 3. The molecule has 2 aliphatic rings. The van der Waals surface area contributed by atoms with Gasteiger partial charge in [0, 0.05) is 37.7 Å². The van der Waals surface area contributed by atoms with E-state index in [0.29, 0.717) is 6.04 Å². The van der Waals surface area contributed by atoms with Gasteiger partial charge in [-0.05, 0) is 29.8 Å². The minimum Gasteiger partial charge on any atom is -0.375 e. The molecule has 4 nitrogen and oxygen atoms in total. The SMILES string of the molecule is NC(=S)NN=C1CCN2CCc3ccccc3C2C1. The third-order valence-electron chi connectivity index (χ3n) is 3.96. The van der Waals surface area contributed by atoms with E-state index in [9.17, 15) is 0 Å². The second-order valence-corrected chi connectivity index (χ2v) is 5.55. The van der Waals surface area contributed by atoms with E-state index in [0.717, 1.165) is 38.1 Å². The number of fused-ring (bicyclic) bond motifs is 3. The normalized spacial score (nSPS) is 24.6. The molecule has 1 fully saturated rings. The van der Waals surface area contributed by atoms with Gasteiger partial charge >= 0.3 is 0 Å². The van der Waals surface area contributed by atoms with E-state index >= 15 is 0 Å². The lowest BCUT2D eigenvalue weighted by Crippen LogP contribution is -2.42. The predicted octanol–water partition coefficient (Wildman–Crippen LogP) is 1.57. The van der Waals surface area contributed by atoms with Crippen LogP contribution in [-0.2, 0) is 6.42 Å². The molecule has 5 heteroatoms. The maximum Gasteiger partial charge on any atom is 0.184 e. The van der Waals surface area contributed by atoms with E-state index in [1.54, 1.807) is 0 Å². The van der Waals surface area contributed by atoms with Gasteiger partial charge in [0.1, 0.15) is 0 Å². The summed E-state index contributed by atoms with van der Waals surface area (Å²) in [6.45, 7) is 2.22. The number of thiocarbonyl (C=S) groups is 1. The molecule has 2 heterocycles. The van der Waals surface area contributed by atoms with Crippen LogP contribution in [0.4, 0.5) is 0 Å². The maximum absolute atomic E-state index is 5.42. The Morgan fingerprint density at radius 2 is 2.11 bits per heavy atom. The predicted molar refractivity (Wildman–Crippen MR) is 81.1 cm³/mol. The van der Waals surface area contributed by atoms with Gasteiger partial charge in [-0.25, -0.2) is 0 Å². The highest BCUT2D eigenvalue weighted by atomic mass is 32.1. The molecule has 0 aliphatic carbocycles. The van der Waals surface area contributed by atoms with Gasteiger partial charge < -0.3 is 5.73 Å². The summed E-state index contributed by atoms with van der Waals surface area (Å²) < 4.78 is 0. The summed E-state index contributed by atoms with van der Waals surface area (Å²) in [5, 5.41) is 4.56. The lowest BCUT2D eigenvalue weighted by molar-refractivity contribution is 0.180. The first-order valence-corrected chi connectivity index (χ1v) is 7.07. The molecular formula is C14H18N4S. The van der Waals surface area contributed by atoms with Crippen LogP contribution in [0.15, 0.2) is 29.4 Å². The summed E-state index contributed by atoms with van der Waals surface area (Å²) in [5.41, 5.74) is 12.2. The Morgan fingerprint density at radius 3 is 2.95 bits per heavy atom. The monoisotopic (exact) mass is 274 g/mol. The molecule has 1 saturated heterocycles. The van der Waals surface area contributed by atoms with Gasteiger partial charge in [-0.15, -0.1) is 0 Å². The fraction of sp³-hybridized carbons (Fsp3) is 0.429. The molecule has 0 spiro atoms. The minimum atomic E-state index is 0.235. The zero-order chi connectivity index (χ0) is 13.2. The highest BCUT2D eigenvalue weighted by Gasteiger charge is 2.31. The summed E-state index contributed by atoms with van der Waals surface area (Å²) in [6, 6.07) is 9.20. The van der Waals surface area contributed by atoms with Crippen molar-refractivity contribution in [2.24, 2.45) is 10.8 Å². The molecule has 0 amide bonds. The van der Waals surface area contributed by atoms with E-state index in [1.807, 2.05) is 0 Å².